The average molecular weight is 301 g/mol. The Labute approximate surface area is 88.5 Å². The van der Waals surface area contributed by atoms with E-state index in [1.165, 1.54) is 0 Å². The van der Waals surface area contributed by atoms with Crippen molar-refractivity contribution in [2.75, 3.05) is 13.1 Å². The Kier molecular flexibility index (Phi) is 3.55. The molecule has 1 saturated heterocycles. The normalized spacial score (nSPS) is 29.3. The Morgan fingerprint density at radius 2 is 2.33 bits per heavy atom. The third kappa shape index (κ3) is 2.71. The number of carbonyl (C=O) groups is 1. The number of carbonyl (C=O) groups excluding carboxylic acids is 1. The van der Waals surface area contributed by atoms with E-state index in [2.05, 4.69) is 37.2 Å². The van der Waals surface area contributed by atoms with Crippen molar-refractivity contribution in [3.05, 3.63) is 0 Å². The average Bonchev–Trinajstić information content (AvgIpc) is 2.35. The molecule has 1 fully saturated rings. The van der Waals surface area contributed by atoms with Crippen molar-refractivity contribution >= 4 is 37.8 Å². The SMILES string of the molecule is CC1(OC(=O)C(Br)Br)CCNC1. The molecular formula is C7H11Br2NO2. The highest BCUT2D eigenvalue weighted by Gasteiger charge is 2.33. The Bertz CT molecular complexity index is 178. The van der Waals surface area contributed by atoms with Crippen molar-refractivity contribution < 1.29 is 9.53 Å². The predicted molar refractivity (Wildman–Crippen MR) is 53.6 cm³/mol. The fraction of sp³-hybridized carbons (Fsp3) is 0.857. The highest BCUT2D eigenvalue weighted by Crippen LogP contribution is 2.22. The van der Waals surface area contributed by atoms with Gasteiger partial charge in [-0.05, 0) is 13.5 Å². The van der Waals surface area contributed by atoms with Gasteiger partial charge in [-0.3, -0.25) is 0 Å². The molecule has 0 saturated carbocycles. The van der Waals surface area contributed by atoms with Gasteiger partial charge in [0, 0.05) is 13.0 Å². The van der Waals surface area contributed by atoms with Crippen LogP contribution in [0.4, 0.5) is 0 Å². The number of hydrogen-bond acceptors (Lipinski definition) is 3. The molecule has 1 atom stereocenters. The molecule has 0 aromatic rings. The highest BCUT2D eigenvalue weighted by molar-refractivity contribution is 9.25. The predicted octanol–water partition coefficient (Wildman–Crippen LogP) is 1.40. The van der Waals surface area contributed by atoms with Gasteiger partial charge in [0.2, 0.25) is 0 Å². The summed E-state index contributed by atoms with van der Waals surface area (Å²) in [6.07, 6.45) is 0.880. The molecule has 1 rings (SSSR count). The lowest BCUT2D eigenvalue weighted by Gasteiger charge is -2.23. The van der Waals surface area contributed by atoms with E-state index < -0.39 is 3.74 Å². The van der Waals surface area contributed by atoms with Gasteiger partial charge in [-0.1, -0.05) is 31.9 Å². The first-order chi connectivity index (χ1) is 5.53. The summed E-state index contributed by atoms with van der Waals surface area (Å²) in [5.41, 5.74) is -0.323. The molecule has 1 heterocycles. The minimum absolute atomic E-state index is 0.263. The van der Waals surface area contributed by atoms with Crippen LogP contribution in [-0.4, -0.2) is 28.4 Å². The molecule has 1 aliphatic heterocycles. The molecule has 0 aliphatic carbocycles. The maximum absolute atomic E-state index is 11.2. The van der Waals surface area contributed by atoms with Gasteiger partial charge in [0.25, 0.3) is 0 Å². The topological polar surface area (TPSA) is 38.3 Å². The molecule has 5 heteroatoms. The highest BCUT2D eigenvalue weighted by atomic mass is 79.9. The van der Waals surface area contributed by atoms with Gasteiger partial charge >= 0.3 is 5.97 Å². The van der Waals surface area contributed by atoms with Gasteiger partial charge in [0.15, 0.2) is 3.74 Å². The van der Waals surface area contributed by atoms with Crippen LogP contribution < -0.4 is 5.32 Å². The Hall–Kier alpha value is 0.390. The van der Waals surface area contributed by atoms with Crippen LogP contribution in [0.5, 0.6) is 0 Å². The van der Waals surface area contributed by atoms with E-state index >= 15 is 0 Å². The van der Waals surface area contributed by atoms with E-state index in [0.717, 1.165) is 19.5 Å². The molecule has 0 spiro atoms. The molecule has 0 amide bonds. The zero-order valence-electron chi connectivity index (χ0n) is 6.77. The Morgan fingerprint density at radius 1 is 1.67 bits per heavy atom. The number of esters is 1. The van der Waals surface area contributed by atoms with Crippen molar-refractivity contribution in [1.29, 1.82) is 0 Å². The molecule has 3 nitrogen and oxygen atoms in total. The lowest BCUT2D eigenvalue weighted by molar-refractivity contribution is -0.153. The van der Waals surface area contributed by atoms with Gasteiger partial charge in [-0.15, -0.1) is 0 Å². The van der Waals surface area contributed by atoms with E-state index in [-0.39, 0.29) is 11.6 Å². The second-order valence-corrected chi connectivity index (χ2v) is 6.16. The van der Waals surface area contributed by atoms with Crippen molar-refractivity contribution in [3.63, 3.8) is 0 Å². The van der Waals surface area contributed by atoms with Crippen LogP contribution in [0.2, 0.25) is 0 Å². The van der Waals surface area contributed by atoms with Gasteiger partial charge in [-0.2, -0.15) is 0 Å². The second kappa shape index (κ2) is 4.07. The number of nitrogens with one attached hydrogen (secondary N) is 1. The van der Waals surface area contributed by atoms with Crippen molar-refractivity contribution in [2.24, 2.45) is 0 Å². The Morgan fingerprint density at radius 3 is 2.75 bits per heavy atom. The maximum atomic E-state index is 11.2. The molecule has 0 aromatic heterocycles. The number of alkyl halides is 2. The molecule has 12 heavy (non-hydrogen) atoms. The Balaban J connectivity index is 2.44. The lowest BCUT2D eigenvalue weighted by atomic mass is 10.1. The first-order valence-electron chi connectivity index (χ1n) is 3.75. The van der Waals surface area contributed by atoms with E-state index in [0.29, 0.717) is 0 Å². The van der Waals surface area contributed by atoms with Crippen LogP contribution >= 0.6 is 31.9 Å². The largest absolute Gasteiger partial charge is 0.456 e. The van der Waals surface area contributed by atoms with Crippen molar-refractivity contribution in [3.8, 4) is 0 Å². The fourth-order valence-corrected chi connectivity index (χ4v) is 1.36. The van der Waals surface area contributed by atoms with Gasteiger partial charge in [0.05, 0.1) is 0 Å². The third-order valence-corrected chi connectivity index (χ3v) is 2.60. The molecule has 1 aliphatic rings. The summed E-state index contributed by atoms with van der Waals surface area (Å²) in [4.78, 5) is 11.2. The molecule has 1 unspecified atom stereocenters. The second-order valence-electron chi connectivity index (χ2n) is 3.10. The summed E-state index contributed by atoms with van der Waals surface area (Å²) in [6, 6.07) is 0. The van der Waals surface area contributed by atoms with Crippen LogP contribution in [-0.2, 0) is 9.53 Å². The van der Waals surface area contributed by atoms with Gasteiger partial charge in [0.1, 0.15) is 5.60 Å². The van der Waals surface area contributed by atoms with Crippen LogP contribution in [0.1, 0.15) is 13.3 Å². The standard InChI is InChI=1S/C7H11Br2NO2/c1-7(2-3-10-4-7)12-6(11)5(8)9/h5,10H,2-4H2,1H3. The first kappa shape index (κ1) is 10.5. The third-order valence-electron chi connectivity index (χ3n) is 1.85. The van der Waals surface area contributed by atoms with Gasteiger partial charge in [-0.25, -0.2) is 4.79 Å². The van der Waals surface area contributed by atoms with E-state index in [1.807, 2.05) is 6.92 Å². The summed E-state index contributed by atoms with van der Waals surface area (Å²) in [5, 5.41) is 3.15. The van der Waals surface area contributed by atoms with E-state index in [4.69, 9.17) is 4.74 Å². The maximum Gasteiger partial charge on any atom is 0.331 e. The molecule has 70 valence electrons. The summed E-state index contributed by atoms with van der Waals surface area (Å²) >= 11 is 6.19. The summed E-state index contributed by atoms with van der Waals surface area (Å²) in [7, 11) is 0. The lowest BCUT2D eigenvalue weighted by Crippen LogP contribution is -2.35. The smallest absolute Gasteiger partial charge is 0.331 e. The van der Waals surface area contributed by atoms with Gasteiger partial charge < -0.3 is 10.1 Å². The van der Waals surface area contributed by atoms with Crippen LogP contribution in [0, 0.1) is 0 Å². The zero-order chi connectivity index (χ0) is 9.19. The van der Waals surface area contributed by atoms with Crippen LogP contribution in [0.25, 0.3) is 0 Å². The van der Waals surface area contributed by atoms with E-state index in [1.54, 1.807) is 0 Å². The number of hydrogen-bond donors (Lipinski definition) is 1. The molecule has 0 aromatic carbocycles. The van der Waals surface area contributed by atoms with Crippen LogP contribution in [0.15, 0.2) is 0 Å². The molecular weight excluding hydrogens is 290 g/mol. The summed E-state index contributed by atoms with van der Waals surface area (Å²) < 4.78 is 4.86. The number of halogens is 2. The molecule has 0 bridgehead atoms. The minimum Gasteiger partial charge on any atom is -0.456 e. The number of ether oxygens (including phenoxy) is 1. The zero-order valence-corrected chi connectivity index (χ0v) is 9.94. The summed E-state index contributed by atoms with van der Waals surface area (Å²) in [6.45, 7) is 3.59. The monoisotopic (exact) mass is 299 g/mol. The molecule has 1 N–H and O–H groups in total. The first-order valence-corrected chi connectivity index (χ1v) is 5.58. The fourth-order valence-electron chi connectivity index (χ4n) is 1.17. The van der Waals surface area contributed by atoms with Crippen molar-refractivity contribution in [1.82, 2.24) is 5.32 Å². The summed E-state index contributed by atoms with van der Waals surface area (Å²) in [5.74, 6) is -0.263. The molecule has 0 radical (unpaired) electrons. The van der Waals surface area contributed by atoms with Crippen LogP contribution in [0.3, 0.4) is 0 Å². The minimum atomic E-state index is -0.401. The van der Waals surface area contributed by atoms with Crippen molar-refractivity contribution in [2.45, 2.75) is 22.7 Å². The van der Waals surface area contributed by atoms with E-state index in [9.17, 15) is 4.79 Å². The quantitative estimate of drug-likeness (QED) is 0.619. The number of rotatable bonds is 2.